The lowest BCUT2D eigenvalue weighted by molar-refractivity contribution is -0.373. The summed E-state index contributed by atoms with van der Waals surface area (Å²) in [5.74, 6) is 0. The molecule has 12 N–H and O–H groups in total. The van der Waals surface area contributed by atoms with Gasteiger partial charge in [-0.3, -0.25) is 0 Å². The van der Waals surface area contributed by atoms with Crippen LogP contribution in [0.3, 0.4) is 0 Å². The van der Waals surface area contributed by atoms with E-state index in [1.54, 1.807) is 0 Å². The Morgan fingerprint density at radius 3 is 0.722 bits per heavy atom. The Morgan fingerprint density at radius 1 is 0.266 bits per heavy atom. The van der Waals surface area contributed by atoms with E-state index in [1.165, 1.54) is 0 Å². The van der Waals surface area contributed by atoms with E-state index in [1.807, 2.05) is 27.7 Å². The summed E-state index contributed by atoms with van der Waals surface area (Å²) in [4.78, 5) is 42.5. The highest BCUT2D eigenvalue weighted by Crippen LogP contribution is 2.12. The Bertz CT molecular complexity index is 1010. The van der Waals surface area contributed by atoms with Crippen molar-refractivity contribution in [2.75, 3.05) is 211 Å². The molecule has 0 aliphatic heterocycles. The molecular formula is C50H110N8O21. The summed E-state index contributed by atoms with van der Waals surface area (Å²) < 4.78 is 79.6. The molecule has 79 heavy (non-hydrogen) atoms. The van der Waals surface area contributed by atoms with Crippen LogP contribution >= 0.6 is 0 Å². The predicted molar refractivity (Wildman–Crippen MR) is 290 cm³/mol. The van der Waals surface area contributed by atoms with E-state index in [0.29, 0.717) is 132 Å². The Balaban J connectivity index is 6.92. The molecule has 29 nitrogen and oxygen atoms in total. The molecule has 0 rings (SSSR count). The van der Waals surface area contributed by atoms with E-state index in [-0.39, 0.29) is 79.3 Å². The molecular weight excluding hydrogens is 1050 g/mol. The maximum Gasteiger partial charge on any atom is 0.113 e. The van der Waals surface area contributed by atoms with Gasteiger partial charge in [0.05, 0.1) is 106 Å². The summed E-state index contributed by atoms with van der Waals surface area (Å²) in [7, 11) is 0. The average Bonchev–Trinajstić information content (AvgIpc) is 3.45. The summed E-state index contributed by atoms with van der Waals surface area (Å²) in [5, 5.41) is 0. The first-order chi connectivity index (χ1) is 39.0. The van der Waals surface area contributed by atoms with E-state index in [9.17, 15) is 0 Å². The van der Waals surface area contributed by atoms with Gasteiger partial charge in [0.1, 0.15) is 63.1 Å². The zero-order chi connectivity index (χ0) is 57.4. The summed E-state index contributed by atoms with van der Waals surface area (Å²) in [6, 6.07) is 0. The van der Waals surface area contributed by atoms with Crippen LogP contribution in [0.4, 0.5) is 0 Å². The van der Waals surface area contributed by atoms with Gasteiger partial charge >= 0.3 is 0 Å². The van der Waals surface area contributed by atoms with Crippen molar-refractivity contribution in [3.63, 3.8) is 0 Å². The van der Waals surface area contributed by atoms with Crippen LogP contribution in [-0.4, -0.2) is 248 Å². The van der Waals surface area contributed by atoms with E-state index in [4.69, 9.17) is 124 Å². The number of hydrogen-bond acceptors (Lipinski definition) is 29. The van der Waals surface area contributed by atoms with Crippen LogP contribution in [0.25, 0.3) is 0 Å². The number of rotatable bonds is 70. The molecule has 0 spiro atoms. The van der Waals surface area contributed by atoms with Gasteiger partial charge < -0.3 is 84.5 Å². The molecule has 0 amide bonds. The predicted octanol–water partition coefficient (Wildman–Crippen LogP) is 0.260. The number of ether oxygens (including phenoxy) is 13. The fourth-order valence-electron chi connectivity index (χ4n) is 5.74. The SMILES string of the molecule is CCCNOOCC(COONCCC)OCC(COC(COONCCC)COONCCC)OC(COC(COCCOCCCN)COCCOCCCN)COC(COCCOCCCN)COCCOCCCN. The van der Waals surface area contributed by atoms with Crippen molar-refractivity contribution in [3.8, 4) is 0 Å². The number of hydroxylamine groups is 4. The molecule has 0 aromatic rings. The lowest BCUT2D eigenvalue weighted by atomic mass is 10.3. The van der Waals surface area contributed by atoms with E-state index >= 15 is 0 Å². The van der Waals surface area contributed by atoms with Crippen molar-refractivity contribution in [1.29, 1.82) is 0 Å². The molecule has 0 unspecified atom stereocenters. The molecule has 0 aliphatic carbocycles. The van der Waals surface area contributed by atoms with Crippen LogP contribution in [0.2, 0.25) is 0 Å². The van der Waals surface area contributed by atoms with Gasteiger partial charge in [-0.15, -0.1) is 20.0 Å². The molecule has 0 aromatic carbocycles. The van der Waals surface area contributed by atoms with Gasteiger partial charge in [-0.2, -0.15) is 21.9 Å². The van der Waals surface area contributed by atoms with Crippen LogP contribution < -0.4 is 44.9 Å². The van der Waals surface area contributed by atoms with Crippen molar-refractivity contribution in [3.05, 3.63) is 0 Å². The normalized spacial score (nSPS) is 12.2. The highest BCUT2D eigenvalue weighted by molar-refractivity contribution is 4.70. The van der Waals surface area contributed by atoms with Crippen LogP contribution in [0.1, 0.15) is 79.1 Å². The Kier molecular flexibility index (Phi) is 65.0. The smallest absolute Gasteiger partial charge is 0.113 e. The molecule has 29 heteroatoms. The highest BCUT2D eigenvalue weighted by atomic mass is 17.3. The van der Waals surface area contributed by atoms with Gasteiger partial charge in [-0.25, -0.2) is 19.6 Å². The highest BCUT2D eigenvalue weighted by Gasteiger charge is 2.26. The number of nitrogens with two attached hydrogens (primary N) is 4. The van der Waals surface area contributed by atoms with Crippen molar-refractivity contribution in [2.45, 2.75) is 116 Å². The van der Waals surface area contributed by atoms with E-state index < -0.39 is 36.6 Å². The summed E-state index contributed by atoms with van der Waals surface area (Å²) in [5.41, 5.74) is 33.5. The third kappa shape index (κ3) is 57.1. The Labute approximate surface area is 471 Å². The second-order valence-electron chi connectivity index (χ2n) is 17.6. The van der Waals surface area contributed by atoms with Gasteiger partial charge in [-0.05, 0) is 77.5 Å². The van der Waals surface area contributed by atoms with Crippen LogP contribution in [0, 0.1) is 0 Å². The summed E-state index contributed by atoms with van der Waals surface area (Å²) >= 11 is 0. The minimum Gasteiger partial charge on any atom is -0.379 e. The first kappa shape index (κ1) is 77.8. The van der Waals surface area contributed by atoms with Gasteiger partial charge in [0.15, 0.2) is 0 Å². The van der Waals surface area contributed by atoms with E-state index in [0.717, 1.165) is 51.4 Å². The standard InChI is InChI=1S/C50H110N8O21/c1-5-17-55-76-71-41-47(42-72-77-56-18-6-2)69-39-50(40-70-48(43-73-78-57-19-7-3)44-74-79-58-20-8-4)75-49(37-67-45(33-63-29-25-59-21-9-13-51)34-64-30-26-60-22-10-14-52)38-68-46(35-65-31-27-61-23-11-15-53)36-66-32-28-62-24-12-16-54/h45-50,55-58H,5-44,51-54H2,1-4H3. The molecule has 0 heterocycles. The summed E-state index contributed by atoms with van der Waals surface area (Å²) in [6.45, 7) is 17.8. The molecule has 0 fully saturated rings. The summed E-state index contributed by atoms with van der Waals surface area (Å²) in [6.07, 6.45) is 2.14. The average molecular weight is 1160 g/mol. The van der Waals surface area contributed by atoms with Gasteiger partial charge in [0, 0.05) is 52.6 Å². The minimum absolute atomic E-state index is 0.000655. The molecule has 0 aromatic heterocycles. The quantitative estimate of drug-likeness (QED) is 0.0230. The lowest BCUT2D eigenvalue weighted by Crippen LogP contribution is -2.42. The van der Waals surface area contributed by atoms with Crippen molar-refractivity contribution < 1.29 is 101 Å². The third-order valence-corrected chi connectivity index (χ3v) is 10.0. The molecule has 0 aliphatic rings. The Hall–Kier alpha value is -1.16. The van der Waals surface area contributed by atoms with Gasteiger partial charge in [-0.1, -0.05) is 27.7 Å². The topological polar surface area (TPSA) is 346 Å². The van der Waals surface area contributed by atoms with Crippen LogP contribution in [-0.2, 0) is 101 Å². The van der Waals surface area contributed by atoms with Crippen molar-refractivity contribution in [2.24, 2.45) is 22.9 Å². The first-order valence-corrected chi connectivity index (χ1v) is 28.6. The monoisotopic (exact) mass is 1160 g/mol. The maximum absolute atomic E-state index is 6.88. The van der Waals surface area contributed by atoms with Gasteiger partial charge in [0.2, 0.25) is 0 Å². The lowest BCUT2D eigenvalue weighted by Gasteiger charge is -2.30. The van der Waals surface area contributed by atoms with Crippen molar-refractivity contribution in [1.82, 2.24) is 21.9 Å². The van der Waals surface area contributed by atoms with Gasteiger partial charge in [0.25, 0.3) is 0 Å². The molecule has 476 valence electrons. The fourth-order valence-corrected chi connectivity index (χ4v) is 5.74. The van der Waals surface area contributed by atoms with Crippen LogP contribution in [0.15, 0.2) is 0 Å². The second kappa shape index (κ2) is 66.0. The molecule has 0 saturated carbocycles. The maximum atomic E-state index is 6.88. The second-order valence-corrected chi connectivity index (χ2v) is 17.6. The van der Waals surface area contributed by atoms with E-state index in [2.05, 4.69) is 21.9 Å². The minimum atomic E-state index is -0.816. The molecule has 0 radical (unpaired) electrons. The largest absolute Gasteiger partial charge is 0.379 e. The van der Waals surface area contributed by atoms with Crippen molar-refractivity contribution >= 4 is 0 Å². The third-order valence-electron chi connectivity index (χ3n) is 10.0. The molecule has 0 bridgehead atoms. The molecule has 0 atom stereocenters. The number of nitrogens with one attached hydrogen (secondary N) is 4. The molecule has 0 saturated heterocycles. The zero-order valence-electron chi connectivity index (χ0n) is 48.6. The fraction of sp³-hybridized carbons (Fsp3) is 1.00. The van der Waals surface area contributed by atoms with Crippen LogP contribution in [0.5, 0.6) is 0 Å². The Morgan fingerprint density at radius 2 is 0.494 bits per heavy atom. The number of hydrogen-bond donors (Lipinski definition) is 8. The first-order valence-electron chi connectivity index (χ1n) is 28.6. The zero-order valence-corrected chi connectivity index (χ0v) is 48.6.